The number of carbonyl (C=O) groups excluding carboxylic acids is 1. The van der Waals surface area contributed by atoms with Gasteiger partial charge in [0, 0.05) is 9.50 Å². The zero-order valence-electron chi connectivity index (χ0n) is 17.3. The van der Waals surface area contributed by atoms with Crippen LogP contribution in [-0.4, -0.2) is 18.7 Å². The summed E-state index contributed by atoms with van der Waals surface area (Å²) in [7, 11) is 0. The van der Waals surface area contributed by atoms with Gasteiger partial charge >= 0.3 is 0 Å². The molecule has 32 heavy (non-hydrogen) atoms. The van der Waals surface area contributed by atoms with Crippen molar-refractivity contribution in [3.05, 3.63) is 91.3 Å². The number of nitrogens with one attached hydrogen (secondary N) is 1. The maximum Gasteiger partial charge on any atom is 0.244 e. The second-order valence-corrected chi connectivity index (χ2v) is 8.98. The fourth-order valence-electron chi connectivity index (χ4n) is 2.85. The Kier molecular flexibility index (Phi) is 9.14. The lowest BCUT2D eigenvalue weighted by molar-refractivity contribution is -0.120. The summed E-state index contributed by atoms with van der Waals surface area (Å²) in [5, 5.41) is 4.72. The number of hydrazone groups is 1. The molecule has 0 heterocycles. The van der Waals surface area contributed by atoms with E-state index in [1.165, 1.54) is 0 Å². The van der Waals surface area contributed by atoms with Crippen molar-refractivity contribution >= 4 is 55.6 Å². The minimum absolute atomic E-state index is 0.200. The van der Waals surface area contributed by atoms with Crippen molar-refractivity contribution in [3.8, 4) is 11.5 Å². The van der Waals surface area contributed by atoms with E-state index in [0.29, 0.717) is 34.2 Å². The molecule has 0 aliphatic carbocycles. The number of halogens is 3. The Balaban J connectivity index is 1.66. The molecule has 0 spiro atoms. The Morgan fingerprint density at radius 3 is 2.56 bits per heavy atom. The molecule has 0 unspecified atom stereocenters. The smallest absolute Gasteiger partial charge is 0.244 e. The van der Waals surface area contributed by atoms with Gasteiger partial charge in [-0.1, -0.05) is 51.8 Å². The maximum atomic E-state index is 12.1. The lowest BCUT2D eigenvalue weighted by atomic mass is 10.1. The van der Waals surface area contributed by atoms with E-state index in [9.17, 15) is 4.79 Å². The molecule has 0 aliphatic rings. The molecule has 1 N–H and O–H groups in total. The van der Waals surface area contributed by atoms with Gasteiger partial charge in [-0.25, -0.2) is 5.43 Å². The van der Waals surface area contributed by atoms with Crippen molar-refractivity contribution in [1.82, 2.24) is 5.43 Å². The van der Waals surface area contributed by atoms with Crippen LogP contribution >= 0.6 is 43.5 Å². The molecule has 3 rings (SSSR count). The Labute approximate surface area is 209 Å². The van der Waals surface area contributed by atoms with Crippen LogP contribution in [0, 0.1) is 0 Å². The SMILES string of the molecule is CCOc1cc(/C=N\NC(=O)Cc2ccc(Br)cc2)cc(Br)c1OCc1cccc(Cl)c1. The third kappa shape index (κ3) is 7.36. The van der Waals surface area contributed by atoms with Gasteiger partial charge in [-0.15, -0.1) is 0 Å². The average Bonchev–Trinajstić information content (AvgIpc) is 2.75. The third-order valence-corrected chi connectivity index (χ3v) is 5.64. The monoisotopic (exact) mass is 578 g/mol. The fourth-order valence-corrected chi connectivity index (χ4v) is 3.91. The predicted octanol–water partition coefficient (Wildman–Crippen LogP) is 6.54. The quantitative estimate of drug-likeness (QED) is 0.231. The first kappa shape index (κ1) is 24.3. The number of rotatable bonds is 9. The number of carbonyl (C=O) groups is 1. The van der Waals surface area contributed by atoms with Crippen molar-refractivity contribution in [2.75, 3.05) is 6.61 Å². The van der Waals surface area contributed by atoms with Crippen LogP contribution in [0.4, 0.5) is 0 Å². The van der Waals surface area contributed by atoms with Crippen LogP contribution in [0.25, 0.3) is 0 Å². The van der Waals surface area contributed by atoms with Gasteiger partial charge in [-0.2, -0.15) is 5.10 Å². The van der Waals surface area contributed by atoms with E-state index < -0.39 is 0 Å². The highest BCUT2D eigenvalue weighted by Crippen LogP contribution is 2.37. The second-order valence-electron chi connectivity index (χ2n) is 6.78. The molecule has 8 heteroatoms. The number of hydrogen-bond acceptors (Lipinski definition) is 4. The molecule has 166 valence electrons. The molecule has 1 amide bonds. The summed E-state index contributed by atoms with van der Waals surface area (Å²) in [6.45, 7) is 2.72. The second kappa shape index (κ2) is 12.0. The molecule has 0 aromatic heterocycles. The summed E-state index contributed by atoms with van der Waals surface area (Å²) in [6, 6.07) is 18.7. The Bertz CT molecular complexity index is 1100. The third-order valence-electron chi connectivity index (χ3n) is 4.28. The van der Waals surface area contributed by atoms with E-state index >= 15 is 0 Å². The van der Waals surface area contributed by atoms with Crippen LogP contribution in [0.5, 0.6) is 11.5 Å². The molecule has 0 bridgehead atoms. The molecule has 0 radical (unpaired) electrons. The lowest BCUT2D eigenvalue weighted by Gasteiger charge is -2.15. The molecule has 0 saturated carbocycles. The molecular formula is C24H21Br2ClN2O3. The number of nitrogens with zero attached hydrogens (tertiary/aromatic N) is 1. The highest BCUT2D eigenvalue weighted by atomic mass is 79.9. The van der Waals surface area contributed by atoms with E-state index in [1.807, 2.05) is 67.6 Å². The Morgan fingerprint density at radius 2 is 1.84 bits per heavy atom. The molecule has 0 fully saturated rings. The first-order valence-corrected chi connectivity index (χ1v) is 11.8. The summed E-state index contributed by atoms with van der Waals surface area (Å²) < 4.78 is 13.4. The number of benzene rings is 3. The number of hydrogen-bond donors (Lipinski definition) is 1. The highest BCUT2D eigenvalue weighted by molar-refractivity contribution is 9.10. The minimum atomic E-state index is -0.200. The first-order chi connectivity index (χ1) is 15.4. The van der Waals surface area contributed by atoms with Crippen LogP contribution in [0.3, 0.4) is 0 Å². The summed E-state index contributed by atoms with van der Waals surface area (Å²) in [5.74, 6) is 0.962. The summed E-state index contributed by atoms with van der Waals surface area (Å²) in [4.78, 5) is 12.1. The molecule has 0 saturated heterocycles. The topological polar surface area (TPSA) is 59.9 Å². The largest absolute Gasteiger partial charge is 0.490 e. The molecule has 0 atom stereocenters. The van der Waals surface area contributed by atoms with Crippen molar-refractivity contribution < 1.29 is 14.3 Å². The maximum absolute atomic E-state index is 12.1. The minimum Gasteiger partial charge on any atom is -0.490 e. The predicted molar refractivity (Wildman–Crippen MR) is 135 cm³/mol. The summed E-state index contributed by atoms with van der Waals surface area (Å²) in [5.41, 5.74) is 5.16. The molecule has 5 nitrogen and oxygen atoms in total. The molecular weight excluding hydrogens is 560 g/mol. The van der Waals surface area contributed by atoms with E-state index in [2.05, 4.69) is 42.4 Å². The van der Waals surface area contributed by atoms with Gasteiger partial charge in [0.05, 0.1) is 23.7 Å². The van der Waals surface area contributed by atoms with Gasteiger partial charge < -0.3 is 9.47 Å². The van der Waals surface area contributed by atoms with Gasteiger partial charge in [0.1, 0.15) is 6.61 Å². The van der Waals surface area contributed by atoms with Gasteiger partial charge in [0.2, 0.25) is 5.91 Å². The van der Waals surface area contributed by atoms with Crippen LogP contribution in [0.1, 0.15) is 23.6 Å². The lowest BCUT2D eigenvalue weighted by Crippen LogP contribution is -2.19. The van der Waals surface area contributed by atoms with Crippen LogP contribution in [0.15, 0.2) is 74.7 Å². The van der Waals surface area contributed by atoms with Gasteiger partial charge in [0.15, 0.2) is 11.5 Å². The van der Waals surface area contributed by atoms with Crippen LogP contribution in [0.2, 0.25) is 5.02 Å². The van der Waals surface area contributed by atoms with Gasteiger partial charge in [0.25, 0.3) is 0 Å². The number of ether oxygens (including phenoxy) is 2. The van der Waals surface area contributed by atoms with Crippen LogP contribution in [-0.2, 0) is 17.8 Å². The Hall–Kier alpha value is -2.35. The fraction of sp³-hybridized carbons (Fsp3) is 0.167. The van der Waals surface area contributed by atoms with Crippen LogP contribution < -0.4 is 14.9 Å². The molecule has 0 aliphatic heterocycles. The summed E-state index contributed by atoms with van der Waals surface area (Å²) >= 11 is 13.0. The summed E-state index contributed by atoms with van der Waals surface area (Å²) in [6.07, 6.45) is 1.81. The number of amides is 1. The molecule has 3 aromatic rings. The normalized spacial score (nSPS) is 10.9. The van der Waals surface area contributed by atoms with E-state index in [1.54, 1.807) is 6.21 Å². The molecule has 3 aromatic carbocycles. The zero-order chi connectivity index (χ0) is 22.9. The highest BCUT2D eigenvalue weighted by Gasteiger charge is 2.12. The van der Waals surface area contributed by atoms with E-state index in [0.717, 1.165) is 21.2 Å². The van der Waals surface area contributed by atoms with E-state index in [-0.39, 0.29) is 12.3 Å². The zero-order valence-corrected chi connectivity index (χ0v) is 21.2. The van der Waals surface area contributed by atoms with Crippen molar-refractivity contribution in [1.29, 1.82) is 0 Å². The van der Waals surface area contributed by atoms with Crippen molar-refractivity contribution in [3.63, 3.8) is 0 Å². The van der Waals surface area contributed by atoms with Gasteiger partial charge in [-0.05, 0) is 75.9 Å². The van der Waals surface area contributed by atoms with Crippen molar-refractivity contribution in [2.45, 2.75) is 20.0 Å². The standard InChI is InChI=1S/C24H21Br2ClN2O3/c1-2-31-22-12-18(14-28-29-23(30)13-16-6-8-19(25)9-7-16)11-21(26)24(22)32-15-17-4-3-5-20(27)10-17/h3-12,14H,2,13,15H2,1H3,(H,29,30)/b28-14-. The van der Waals surface area contributed by atoms with Gasteiger partial charge in [-0.3, -0.25) is 4.79 Å². The average molecular weight is 581 g/mol. The van der Waals surface area contributed by atoms with E-state index in [4.69, 9.17) is 21.1 Å². The van der Waals surface area contributed by atoms with Crippen molar-refractivity contribution in [2.24, 2.45) is 5.10 Å². The first-order valence-electron chi connectivity index (χ1n) is 9.84. The Morgan fingerprint density at radius 1 is 1.06 bits per heavy atom.